The molecule has 0 unspecified atom stereocenters. The van der Waals surface area contributed by atoms with Crippen LogP contribution in [0, 0.1) is 0 Å². The molecule has 0 bridgehead atoms. The number of likely N-dealkylation sites (tertiary alicyclic amines) is 1. The van der Waals surface area contributed by atoms with Gasteiger partial charge in [0.2, 0.25) is 0 Å². The molecule has 3 rings (SSSR count). The second-order valence-electron chi connectivity index (χ2n) is 7.47. The highest BCUT2D eigenvalue weighted by Crippen LogP contribution is 2.41. The predicted octanol–water partition coefficient (Wildman–Crippen LogP) is 0.955. The van der Waals surface area contributed by atoms with Gasteiger partial charge in [0.15, 0.2) is 0 Å². The lowest BCUT2D eigenvalue weighted by molar-refractivity contribution is -0.660. The summed E-state index contributed by atoms with van der Waals surface area (Å²) in [5.74, 6) is 1.20. The molecule has 0 radical (unpaired) electrons. The Kier molecular flexibility index (Phi) is 5.54. The number of likely N-dealkylation sites (N-methyl/N-ethyl adjacent to an activating group) is 1. The Hall–Kier alpha value is -1.72. The van der Waals surface area contributed by atoms with Crippen LogP contribution in [0.15, 0.2) is 24.3 Å². The number of benzene rings is 1. The van der Waals surface area contributed by atoms with E-state index in [-0.39, 0.29) is 11.6 Å². The lowest BCUT2D eigenvalue weighted by Gasteiger charge is -2.43. The number of quaternary nitrogens is 1. The van der Waals surface area contributed by atoms with Crippen LogP contribution in [-0.4, -0.2) is 55.3 Å². The number of carbonyl (C=O) groups is 2. The molecule has 1 heterocycles. The smallest absolute Gasteiger partial charge is 0.137 e. The minimum absolute atomic E-state index is 0.0170. The number of ether oxygens (including phenoxy) is 1. The normalized spacial score (nSPS) is 24.4. The fourth-order valence-corrected chi connectivity index (χ4v) is 4.55. The first-order chi connectivity index (χ1) is 12.1. The van der Waals surface area contributed by atoms with Crippen molar-refractivity contribution in [1.29, 1.82) is 0 Å². The maximum atomic E-state index is 12.0. The number of hydrogen-bond donors (Lipinski definition) is 1. The minimum Gasteiger partial charge on any atom is -0.497 e. The number of Topliss-reactive ketones (excluding diaryl/α,β-unsaturated/α-hetero) is 1. The van der Waals surface area contributed by atoms with Crippen molar-refractivity contribution >= 4 is 12.1 Å². The van der Waals surface area contributed by atoms with E-state index in [0.29, 0.717) is 31.1 Å². The van der Waals surface area contributed by atoms with E-state index in [4.69, 9.17) is 4.74 Å². The molecule has 1 aliphatic heterocycles. The summed E-state index contributed by atoms with van der Waals surface area (Å²) < 4.78 is 5.21. The van der Waals surface area contributed by atoms with Gasteiger partial charge in [-0.05, 0) is 37.0 Å². The van der Waals surface area contributed by atoms with E-state index in [2.05, 4.69) is 17.3 Å². The van der Waals surface area contributed by atoms with Crippen LogP contribution >= 0.6 is 0 Å². The molecule has 0 amide bonds. The highest BCUT2D eigenvalue weighted by molar-refractivity contribution is 5.79. The fraction of sp³-hybridized carbons (Fsp3) is 0.600. The van der Waals surface area contributed by atoms with Crippen LogP contribution < -0.4 is 10.1 Å². The molecule has 2 fully saturated rings. The first-order valence-corrected chi connectivity index (χ1v) is 9.26. The Morgan fingerprint density at radius 3 is 2.56 bits per heavy atom. The average Bonchev–Trinajstić information content (AvgIpc) is 3.01. The molecule has 1 spiro atoms. The van der Waals surface area contributed by atoms with Gasteiger partial charge in [0, 0.05) is 24.8 Å². The van der Waals surface area contributed by atoms with Crippen molar-refractivity contribution in [3.63, 3.8) is 0 Å². The van der Waals surface area contributed by atoms with E-state index in [1.165, 1.54) is 0 Å². The Morgan fingerprint density at radius 2 is 2.00 bits per heavy atom. The highest BCUT2D eigenvalue weighted by atomic mass is 16.5. The van der Waals surface area contributed by atoms with E-state index in [1.54, 1.807) is 7.11 Å². The van der Waals surface area contributed by atoms with E-state index >= 15 is 0 Å². The lowest BCUT2D eigenvalue weighted by Crippen LogP contribution is -2.86. The van der Waals surface area contributed by atoms with Crippen LogP contribution in [0.4, 0.5) is 0 Å². The van der Waals surface area contributed by atoms with Crippen LogP contribution in [0.5, 0.6) is 5.75 Å². The number of hydrogen-bond acceptors (Lipinski definition) is 4. The van der Waals surface area contributed by atoms with Gasteiger partial charge in [0.25, 0.3) is 0 Å². The number of rotatable bonds is 6. The summed E-state index contributed by atoms with van der Waals surface area (Å²) in [6.07, 6.45) is 5.97. The minimum atomic E-state index is -0.133. The maximum absolute atomic E-state index is 12.0. The molecule has 2 N–H and O–H groups in total. The van der Waals surface area contributed by atoms with E-state index in [1.807, 2.05) is 24.3 Å². The Morgan fingerprint density at radius 1 is 1.32 bits per heavy atom. The third kappa shape index (κ3) is 3.77. The van der Waals surface area contributed by atoms with Gasteiger partial charge < -0.3 is 14.8 Å². The lowest BCUT2D eigenvalue weighted by atomic mass is 9.78. The summed E-state index contributed by atoms with van der Waals surface area (Å²) in [5.41, 5.74) is 1.16. The van der Waals surface area contributed by atoms with Gasteiger partial charge in [-0.15, -0.1) is 0 Å². The van der Waals surface area contributed by atoms with Gasteiger partial charge in [-0.3, -0.25) is 9.69 Å². The van der Waals surface area contributed by atoms with Crippen molar-refractivity contribution in [1.82, 2.24) is 4.90 Å². The average molecular weight is 345 g/mol. The van der Waals surface area contributed by atoms with Crippen molar-refractivity contribution in [2.24, 2.45) is 0 Å². The Balaban J connectivity index is 1.79. The number of ketones is 1. The number of nitrogens with zero attached hydrogens (tertiary/aromatic N) is 1. The summed E-state index contributed by atoms with van der Waals surface area (Å²) in [7, 11) is 3.76. The standard InChI is InChI=1S/C20H28N2O3/c1-21-16-12-20(9-7-18(24)8-10-20)22(13-16)17(14-23)11-15-3-5-19(25-2)6-4-15/h3-6,14,16-17,21H,7-13H2,1-2H3/p+1/t16-,17-/m0/s1. The predicted molar refractivity (Wildman–Crippen MR) is 95.7 cm³/mol. The van der Waals surface area contributed by atoms with Crippen LogP contribution in [-0.2, 0) is 16.0 Å². The monoisotopic (exact) mass is 345 g/mol. The van der Waals surface area contributed by atoms with Crippen molar-refractivity contribution in [3.8, 4) is 5.75 Å². The van der Waals surface area contributed by atoms with E-state index in [9.17, 15) is 9.59 Å². The van der Waals surface area contributed by atoms with Gasteiger partial charge in [-0.2, -0.15) is 0 Å². The van der Waals surface area contributed by atoms with Gasteiger partial charge >= 0.3 is 0 Å². The van der Waals surface area contributed by atoms with Gasteiger partial charge in [0.1, 0.15) is 23.9 Å². The fourth-order valence-electron chi connectivity index (χ4n) is 4.55. The zero-order valence-electron chi connectivity index (χ0n) is 15.2. The number of methoxy groups -OCH3 is 1. The molecule has 1 saturated heterocycles. The molecule has 2 aliphatic rings. The molecular weight excluding hydrogens is 316 g/mol. The third-order valence-electron chi connectivity index (χ3n) is 6.05. The van der Waals surface area contributed by atoms with Crippen molar-refractivity contribution < 1.29 is 19.6 Å². The molecule has 5 nitrogen and oxygen atoms in total. The van der Waals surface area contributed by atoms with Gasteiger partial charge in [-0.25, -0.2) is 0 Å². The molecule has 1 aromatic carbocycles. The Labute approximate surface area is 149 Å². The first-order valence-electron chi connectivity index (χ1n) is 9.26. The van der Waals surface area contributed by atoms with Crippen molar-refractivity contribution in [2.45, 2.75) is 56.1 Å². The summed E-state index contributed by atoms with van der Waals surface area (Å²) in [4.78, 5) is 26.1. The van der Waals surface area contributed by atoms with Gasteiger partial charge in [0.05, 0.1) is 26.7 Å². The molecule has 2 atom stereocenters. The molecule has 136 valence electrons. The maximum Gasteiger partial charge on any atom is 0.137 e. The van der Waals surface area contributed by atoms with Gasteiger partial charge in [-0.1, -0.05) is 12.1 Å². The summed E-state index contributed by atoms with van der Waals surface area (Å²) >= 11 is 0. The first kappa shape index (κ1) is 18.1. The number of nitrogens with two attached hydrogens (primary N) is 1. The van der Waals surface area contributed by atoms with E-state index < -0.39 is 0 Å². The largest absolute Gasteiger partial charge is 0.497 e. The topological polar surface area (TPSA) is 63.2 Å². The molecule has 1 aliphatic carbocycles. The summed E-state index contributed by atoms with van der Waals surface area (Å²) in [6, 6.07) is 8.33. The molecule has 1 saturated carbocycles. The molecule has 1 aromatic rings. The number of aldehydes is 1. The quantitative estimate of drug-likeness (QED) is 0.780. The highest BCUT2D eigenvalue weighted by Gasteiger charge is 2.50. The molecule has 25 heavy (non-hydrogen) atoms. The summed E-state index contributed by atoms with van der Waals surface area (Å²) in [5, 5.41) is 2.26. The summed E-state index contributed by atoms with van der Waals surface area (Å²) in [6.45, 7) is 0.921. The number of carbonyl (C=O) groups excluding carboxylic acids is 2. The van der Waals surface area contributed by atoms with Crippen molar-refractivity contribution in [2.75, 3.05) is 20.7 Å². The zero-order chi connectivity index (χ0) is 17.9. The van der Waals surface area contributed by atoms with Crippen LogP contribution in [0.1, 0.15) is 37.7 Å². The molecule has 0 aromatic heterocycles. The SMILES string of the molecule is C[NH2+][C@@H]1CN([C@H](C=O)Cc2ccc(OC)cc2)C2(CCC(=O)CC2)C1. The zero-order valence-corrected chi connectivity index (χ0v) is 15.2. The Bertz CT molecular complexity index is 604. The van der Waals surface area contributed by atoms with Crippen LogP contribution in [0.2, 0.25) is 0 Å². The van der Waals surface area contributed by atoms with Crippen LogP contribution in [0.25, 0.3) is 0 Å². The van der Waals surface area contributed by atoms with E-state index in [0.717, 1.165) is 43.4 Å². The molecule has 5 heteroatoms. The second kappa shape index (κ2) is 7.67. The van der Waals surface area contributed by atoms with Crippen molar-refractivity contribution in [3.05, 3.63) is 29.8 Å². The van der Waals surface area contributed by atoms with Crippen LogP contribution in [0.3, 0.4) is 0 Å². The second-order valence-corrected chi connectivity index (χ2v) is 7.47. The molecular formula is C20H29N2O3+. The third-order valence-corrected chi connectivity index (χ3v) is 6.05.